The zero-order valence-corrected chi connectivity index (χ0v) is 10.4. The summed E-state index contributed by atoms with van der Waals surface area (Å²) in [5, 5.41) is 0. The molecule has 14 heavy (non-hydrogen) atoms. The molecule has 5 heteroatoms. The van der Waals surface area contributed by atoms with Gasteiger partial charge in [0.1, 0.15) is 0 Å². The van der Waals surface area contributed by atoms with Crippen LogP contribution in [0.1, 0.15) is 11.1 Å². The van der Waals surface area contributed by atoms with Crippen LogP contribution in [0.4, 0.5) is 0 Å². The normalized spacial score (nSPS) is 11.6. The molecule has 0 atom stereocenters. The summed E-state index contributed by atoms with van der Waals surface area (Å²) < 4.78 is 27.2. The van der Waals surface area contributed by atoms with Gasteiger partial charge in [-0.1, -0.05) is 28.1 Å². The van der Waals surface area contributed by atoms with E-state index in [1.807, 2.05) is 25.1 Å². The van der Waals surface area contributed by atoms with E-state index in [0.717, 1.165) is 21.9 Å². The van der Waals surface area contributed by atoms with Crippen LogP contribution in [0, 0.1) is 6.92 Å². The van der Waals surface area contributed by atoms with E-state index in [1.165, 1.54) is 0 Å². The molecular formula is C9H11BrO3S. The Kier molecular flexibility index (Phi) is 3.69. The van der Waals surface area contributed by atoms with Gasteiger partial charge in [0.05, 0.1) is 12.9 Å². The van der Waals surface area contributed by atoms with Crippen LogP contribution in [-0.4, -0.2) is 14.7 Å². The van der Waals surface area contributed by atoms with Crippen molar-refractivity contribution in [1.29, 1.82) is 0 Å². The van der Waals surface area contributed by atoms with Crippen molar-refractivity contribution in [2.45, 2.75) is 13.5 Å². The fourth-order valence-corrected chi connectivity index (χ4v) is 1.73. The molecule has 0 N–H and O–H groups in total. The van der Waals surface area contributed by atoms with Crippen molar-refractivity contribution in [3.8, 4) is 0 Å². The third-order valence-electron chi connectivity index (χ3n) is 1.81. The Balaban J connectivity index is 2.83. The van der Waals surface area contributed by atoms with Crippen molar-refractivity contribution < 1.29 is 12.6 Å². The zero-order chi connectivity index (χ0) is 10.8. The van der Waals surface area contributed by atoms with E-state index in [1.54, 1.807) is 0 Å². The second-order valence-electron chi connectivity index (χ2n) is 2.99. The van der Waals surface area contributed by atoms with Gasteiger partial charge in [-0.3, -0.25) is 4.18 Å². The van der Waals surface area contributed by atoms with E-state index in [9.17, 15) is 8.42 Å². The van der Waals surface area contributed by atoms with Gasteiger partial charge in [0.2, 0.25) is 0 Å². The van der Waals surface area contributed by atoms with Crippen LogP contribution in [0.5, 0.6) is 0 Å². The van der Waals surface area contributed by atoms with Crippen molar-refractivity contribution in [1.82, 2.24) is 0 Å². The maximum atomic E-state index is 10.8. The highest BCUT2D eigenvalue weighted by Gasteiger charge is 2.06. The van der Waals surface area contributed by atoms with Crippen LogP contribution in [0.2, 0.25) is 0 Å². The van der Waals surface area contributed by atoms with Crippen molar-refractivity contribution in [2.24, 2.45) is 0 Å². The van der Waals surface area contributed by atoms with Crippen LogP contribution in [-0.2, 0) is 20.9 Å². The van der Waals surface area contributed by atoms with Crippen molar-refractivity contribution >= 4 is 26.0 Å². The maximum Gasteiger partial charge on any atom is 0.264 e. The Morgan fingerprint density at radius 2 is 2.07 bits per heavy atom. The fraction of sp³-hybridized carbons (Fsp3) is 0.333. The Labute approximate surface area is 92.3 Å². The lowest BCUT2D eigenvalue weighted by atomic mass is 10.1. The van der Waals surface area contributed by atoms with Crippen LogP contribution in [0.15, 0.2) is 22.7 Å². The van der Waals surface area contributed by atoms with E-state index in [2.05, 4.69) is 15.9 Å². The molecular weight excluding hydrogens is 268 g/mol. The Bertz CT molecular complexity index is 426. The summed E-state index contributed by atoms with van der Waals surface area (Å²) in [6, 6.07) is 5.59. The van der Waals surface area contributed by atoms with E-state index in [0.29, 0.717) is 0 Å². The zero-order valence-electron chi connectivity index (χ0n) is 7.95. The van der Waals surface area contributed by atoms with Crippen LogP contribution >= 0.6 is 15.9 Å². The van der Waals surface area contributed by atoms with E-state index >= 15 is 0 Å². The molecule has 0 bridgehead atoms. The molecule has 1 aromatic carbocycles. The topological polar surface area (TPSA) is 43.4 Å². The Morgan fingerprint density at radius 3 is 2.64 bits per heavy atom. The first kappa shape index (κ1) is 11.7. The number of halogens is 1. The molecule has 0 unspecified atom stereocenters. The highest BCUT2D eigenvalue weighted by Crippen LogP contribution is 2.20. The minimum absolute atomic E-state index is 0.0874. The average molecular weight is 279 g/mol. The largest absolute Gasteiger partial charge is 0.265 e. The van der Waals surface area contributed by atoms with Gasteiger partial charge in [0.15, 0.2) is 0 Å². The molecule has 0 aliphatic carbocycles. The van der Waals surface area contributed by atoms with Crippen LogP contribution in [0.3, 0.4) is 0 Å². The first-order valence-electron chi connectivity index (χ1n) is 3.98. The predicted octanol–water partition coefficient (Wildman–Crippen LogP) is 2.23. The molecule has 1 aromatic rings. The molecule has 0 radical (unpaired) electrons. The molecule has 0 amide bonds. The second kappa shape index (κ2) is 4.42. The molecule has 0 aliphatic heterocycles. The number of benzene rings is 1. The number of hydrogen-bond donors (Lipinski definition) is 0. The first-order valence-corrected chi connectivity index (χ1v) is 6.59. The van der Waals surface area contributed by atoms with E-state index in [-0.39, 0.29) is 6.61 Å². The Morgan fingerprint density at radius 1 is 1.43 bits per heavy atom. The third-order valence-corrected chi connectivity index (χ3v) is 3.21. The van der Waals surface area contributed by atoms with E-state index < -0.39 is 10.1 Å². The molecule has 0 spiro atoms. The van der Waals surface area contributed by atoms with Crippen LogP contribution < -0.4 is 0 Å². The monoisotopic (exact) mass is 278 g/mol. The summed E-state index contributed by atoms with van der Waals surface area (Å²) in [6.45, 7) is 2.00. The SMILES string of the molecule is Cc1c(Br)cccc1COS(C)(=O)=O. The summed E-state index contributed by atoms with van der Waals surface area (Å²) in [5.74, 6) is 0. The second-order valence-corrected chi connectivity index (χ2v) is 5.49. The van der Waals surface area contributed by atoms with Crippen molar-refractivity contribution in [3.05, 3.63) is 33.8 Å². The summed E-state index contributed by atoms with van der Waals surface area (Å²) >= 11 is 3.36. The van der Waals surface area contributed by atoms with Gasteiger partial charge in [0.25, 0.3) is 10.1 Å². The van der Waals surface area contributed by atoms with Crippen LogP contribution in [0.25, 0.3) is 0 Å². The molecule has 0 saturated carbocycles. The summed E-state index contributed by atoms with van der Waals surface area (Å²) in [5.41, 5.74) is 1.86. The summed E-state index contributed by atoms with van der Waals surface area (Å²) in [6.07, 6.45) is 1.04. The highest BCUT2D eigenvalue weighted by molar-refractivity contribution is 9.10. The minimum Gasteiger partial charge on any atom is -0.265 e. The lowest BCUT2D eigenvalue weighted by Gasteiger charge is -2.06. The standard InChI is InChI=1S/C9H11BrO3S/c1-7-8(4-3-5-9(7)10)6-13-14(2,11)12/h3-5H,6H2,1-2H3. The van der Waals surface area contributed by atoms with Gasteiger partial charge >= 0.3 is 0 Å². The smallest absolute Gasteiger partial charge is 0.264 e. The summed E-state index contributed by atoms with van der Waals surface area (Å²) in [7, 11) is -3.37. The van der Waals surface area contributed by atoms with E-state index in [4.69, 9.17) is 4.18 Å². The number of rotatable bonds is 3. The molecule has 0 heterocycles. The predicted molar refractivity (Wildman–Crippen MR) is 58.5 cm³/mol. The van der Waals surface area contributed by atoms with Gasteiger partial charge in [-0.15, -0.1) is 0 Å². The van der Waals surface area contributed by atoms with Crippen molar-refractivity contribution in [2.75, 3.05) is 6.26 Å². The van der Waals surface area contributed by atoms with Gasteiger partial charge in [-0.05, 0) is 24.1 Å². The molecule has 0 saturated heterocycles. The van der Waals surface area contributed by atoms with Gasteiger partial charge in [0, 0.05) is 4.47 Å². The van der Waals surface area contributed by atoms with Crippen molar-refractivity contribution in [3.63, 3.8) is 0 Å². The molecule has 3 nitrogen and oxygen atoms in total. The fourth-order valence-electron chi connectivity index (χ4n) is 0.979. The Hall–Kier alpha value is -0.390. The average Bonchev–Trinajstić information content (AvgIpc) is 2.06. The molecule has 0 aliphatic rings. The minimum atomic E-state index is -3.37. The maximum absolute atomic E-state index is 10.8. The van der Waals surface area contributed by atoms with Gasteiger partial charge in [-0.2, -0.15) is 8.42 Å². The lowest BCUT2D eigenvalue weighted by molar-refractivity contribution is 0.311. The quantitative estimate of drug-likeness (QED) is 0.797. The molecule has 0 fully saturated rings. The molecule has 0 aromatic heterocycles. The first-order chi connectivity index (χ1) is 6.40. The number of hydrogen-bond acceptors (Lipinski definition) is 3. The van der Waals surface area contributed by atoms with Gasteiger partial charge in [-0.25, -0.2) is 0 Å². The van der Waals surface area contributed by atoms with Gasteiger partial charge < -0.3 is 0 Å². The third kappa shape index (κ3) is 3.40. The highest BCUT2D eigenvalue weighted by atomic mass is 79.9. The summed E-state index contributed by atoms with van der Waals surface area (Å²) in [4.78, 5) is 0. The molecule has 1 rings (SSSR count). The molecule has 78 valence electrons. The lowest BCUT2D eigenvalue weighted by Crippen LogP contribution is -2.03.